The topological polar surface area (TPSA) is 111 Å². The van der Waals surface area contributed by atoms with E-state index in [1.54, 1.807) is 52.0 Å². The average Bonchev–Trinajstić information content (AvgIpc) is 3.20. The Morgan fingerprint density at radius 1 is 0.897 bits per heavy atom. The lowest BCUT2D eigenvalue weighted by atomic mass is 9.98. The Balaban J connectivity index is 1.33. The quantitative estimate of drug-likeness (QED) is 0.359. The Bertz CT molecular complexity index is 1300. The van der Waals surface area contributed by atoms with Crippen molar-refractivity contribution in [3.05, 3.63) is 89.5 Å². The molecule has 2 N–H and O–H groups in total. The van der Waals surface area contributed by atoms with Crippen LogP contribution in [-0.2, 0) is 25.5 Å². The van der Waals surface area contributed by atoms with Crippen molar-refractivity contribution in [3.8, 4) is 16.9 Å². The molecule has 39 heavy (non-hydrogen) atoms. The lowest BCUT2D eigenvalue weighted by molar-refractivity contribution is -0.162. The smallest absolute Gasteiger partial charge is 0.407 e. The minimum absolute atomic E-state index is 0.0431. The van der Waals surface area contributed by atoms with Crippen LogP contribution in [0.1, 0.15) is 50.3 Å². The van der Waals surface area contributed by atoms with Crippen LogP contribution in [-0.4, -0.2) is 47.5 Å². The van der Waals surface area contributed by atoms with E-state index in [1.165, 1.54) is 0 Å². The van der Waals surface area contributed by atoms with Crippen LogP contribution in [0.3, 0.4) is 0 Å². The number of alkyl carbamates (subject to hydrolysis) is 1. The number of aliphatic carboxylic acids is 1. The third-order valence-electron chi connectivity index (χ3n) is 6.35. The molecule has 0 bridgehead atoms. The number of hydrogen-bond donors (Lipinski definition) is 2. The van der Waals surface area contributed by atoms with Crippen molar-refractivity contribution in [1.82, 2.24) is 5.32 Å². The minimum atomic E-state index is -1.19. The molecule has 8 heteroatoms. The van der Waals surface area contributed by atoms with Crippen LogP contribution in [0.5, 0.6) is 5.75 Å². The van der Waals surface area contributed by atoms with E-state index < -0.39 is 35.8 Å². The van der Waals surface area contributed by atoms with Crippen molar-refractivity contribution in [3.63, 3.8) is 0 Å². The SMILES string of the molecule is C[C@@H](Oc1ccc(C[C@H](NC(=O)OCC2c3ccccc3-c3ccccc32)C(=O)O)cc1)C(=O)OC(C)(C)C. The molecule has 1 aliphatic rings. The molecule has 0 saturated carbocycles. The lowest BCUT2D eigenvalue weighted by Gasteiger charge is -2.22. The molecule has 1 aliphatic carbocycles. The fourth-order valence-electron chi connectivity index (χ4n) is 4.56. The molecule has 8 nitrogen and oxygen atoms in total. The van der Waals surface area contributed by atoms with Gasteiger partial charge in [0.05, 0.1) is 0 Å². The van der Waals surface area contributed by atoms with E-state index >= 15 is 0 Å². The fourth-order valence-corrected chi connectivity index (χ4v) is 4.56. The molecule has 2 atom stereocenters. The number of fused-ring (bicyclic) bond motifs is 3. The Morgan fingerprint density at radius 2 is 1.46 bits per heavy atom. The van der Waals surface area contributed by atoms with Gasteiger partial charge in [-0.2, -0.15) is 0 Å². The first-order valence-corrected chi connectivity index (χ1v) is 12.8. The van der Waals surface area contributed by atoms with Crippen molar-refractivity contribution in [2.45, 2.75) is 57.8 Å². The zero-order chi connectivity index (χ0) is 28.2. The van der Waals surface area contributed by atoms with Gasteiger partial charge < -0.3 is 24.6 Å². The predicted octanol–water partition coefficient (Wildman–Crippen LogP) is 5.33. The highest BCUT2D eigenvalue weighted by Crippen LogP contribution is 2.44. The molecule has 0 unspecified atom stereocenters. The number of nitrogens with one attached hydrogen (secondary N) is 1. The number of benzene rings is 3. The van der Waals surface area contributed by atoms with Crippen molar-refractivity contribution in [1.29, 1.82) is 0 Å². The molecule has 204 valence electrons. The Kier molecular flexibility index (Phi) is 8.24. The summed E-state index contributed by atoms with van der Waals surface area (Å²) in [5, 5.41) is 12.2. The van der Waals surface area contributed by atoms with Crippen molar-refractivity contribution in [2.75, 3.05) is 6.61 Å². The summed E-state index contributed by atoms with van der Waals surface area (Å²) >= 11 is 0. The monoisotopic (exact) mass is 531 g/mol. The molecular weight excluding hydrogens is 498 g/mol. The zero-order valence-corrected chi connectivity index (χ0v) is 22.5. The van der Waals surface area contributed by atoms with Crippen LogP contribution in [0.4, 0.5) is 4.79 Å². The first-order chi connectivity index (χ1) is 18.5. The number of rotatable bonds is 9. The van der Waals surface area contributed by atoms with Gasteiger partial charge >= 0.3 is 18.0 Å². The number of carbonyl (C=O) groups is 3. The van der Waals surface area contributed by atoms with Gasteiger partial charge in [0, 0.05) is 12.3 Å². The van der Waals surface area contributed by atoms with Crippen LogP contribution in [0.25, 0.3) is 11.1 Å². The van der Waals surface area contributed by atoms with E-state index in [1.807, 2.05) is 48.5 Å². The second-order valence-electron chi connectivity index (χ2n) is 10.5. The number of hydrogen-bond acceptors (Lipinski definition) is 6. The van der Waals surface area contributed by atoms with Gasteiger partial charge in [0.25, 0.3) is 0 Å². The molecule has 0 aromatic heterocycles. The molecule has 0 radical (unpaired) electrons. The van der Waals surface area contributed by atoms with Gasteiger partial charge in [-0.15, -0.1) is 0 Å². The highest BCUT2D eigenvalue weighted by atomic mass is 16.6. The summed E-state index contributed by atoms with van der Waals surface area (Å²) in [5.41, 5.74) is 4.41. The number of esters is 1. The van der Waals surface area contributed by atoms with E-state index in [0.717, 1.165) is 22.3 Å². The van der Waals surface area contributed by atoms with E-state index in [0.29, 0.717) is 11.3 Å². The largest absolute Gasteiger partial charge is 0.480 e. The standard InChI is InChI=1S/C31H33NO7/c1-19(29(35)39-31(2,3)4)38-21-15-13-20(14-16-21)17-27(28(33)34)32-30(36)37-18-26-24-11-7-5-9-22(24)23-10-6-8-12-25(23)26/h5-16,19,26-27H,17-18H2,1-4H3,(H,32,36)(H,33,34)/t19-,27+/m1/s1. The normalized spacial score (nSPS) is 13.9. The molecular formula is C31H33NO7. The number of carboxylic acids is 1. The predicted molar refractivity (Wildman–Crippen MR) is 146 cm³/mol. The van der Waals surface area contributed by atoms with Crippen LogP contribution in [0, 0.1) is 0 Å². The Morgan fingerprint density at radius 3 is 2.00 bits per heavy atom. The molecule has 3 aromatic rings. The minimum Gasteiger partial charge on any atom is -0.480 e. The zero-order valence-electron chi connectivity index (χ0n) is 22.5. The van der Waals surface area contributed by atoms with Crippen LogP contribution >= 0.6 is 0 Å². The Hall–Kier alpha value is -4.33. The summed E-state index contributed by atoms with van der Waals surface area (Å²) in [7, 11) is 0. The number of ether oxygens (including phenoxy) is 3. The van der Waals surface area contributed by atoms with Gasteiger partial charge in [-0.1, -0.05) is 60.7 Å². The first kappa shape index (κ1) is 27.7. The summed E-state index contributed by atoms with van der Waals surface area (Å²) < 4.78 is 16.5. The van der Waals surface area contributed by atoms with Crippen molar-refractivity contribution >= 4 is 18.0 Å². The molecule has 0 fully saturated rings. The third-order valence-corrected chi connectivity index (χ3v) is 6.35. The number of carbonyl (C=O) groups excluding carboxylic acids is 2. The van der Waals surface area contributed by atoms with Crippen LogP contribution in [0.15, 0.2) is 72.8 Å². The molecule has 3 aromatic carbocycles. The molecule has 0 saturated heterocycles. The summed E-state index contributed by atoms with van der Waals surface area (Å²) in [6.45, 7) is 7.03. The summed E-state index contributed by atoms with van der Waals surface area (Å²) in [6, 6.07) is 21.4. The van der Waals surface area contributed by atoms with E-state index in [-0.39, 0.29) is 18.9 Å². The molecule has 0 spiro atoms. The second-order valence-corrected chi connectivity index (χ2v) is 10.5. The van der Waals surface area contributed by atoms with Crippen molar-refractivity contribution in [2.24, 2.45) is 0 Å². The summed E-state index contributed by atoms with van der Waals surface area (Å²) in [5.74, 6) is -1.34. The first-order valence-electron chi connectivity index (χ1n) is 12.8. The van der Waals surface area contributed by atoms with Crippen LogP contribution in [0.2, 0.25) is 0 Å². The average molecular weight is 532 g/mol. The van der Waals surface area contributed by atoms with Gasteiger partial charge in [-0.3, -0.25) is 0 Å². The van der Waals surface area contributed by atoms with E-state index in [4.69, 9.17) is 14.2 Å². The van der Waals surface area contributed by atoms with Crippen LogP contribution < -0.4 is 10.1 Å². The van der Waals surface area contributed by atoms with Gasteiger partial charge in [0.15, 0.2) is 6.10 Å². The van der Waals surface area contributed by atoms with E-state index in [2.05, 4.69) is 5.32 Å². The molecule has 0 heterocycles. The maximum Gasteiger partial charge on any atom is 0.407 e. The fraction of sp³-hybridized carbons (Fsp3) is 0.323. The third kappa shape index (κ3) is 6.96. The Labute approximate surface area is 227 Å². The van der Waals surface area contributed by atoms with Gasteiger partial charge in [0.1, 0.15) is 24.0 Å². The lowest BCUT2D eigenvalue weighted by Crippen LogP contribution is -2.42. The summed E-state index contributed by atoms with van der Waals surface area (Å²) in [6.07, 6.45) is -1.56. The van der Waals surface area contributed by atoms with Crippen molar-refractivity contribution < 1.29 is 33.7 Å². The van der Waals surface area contributed by atoms with Gasteiger partial charge in [-0.25, -0.2) is 14.4 Å². The second kappa shape index (κ2) is 11.6. The number of carboxylic acid groups (broad SMARTS) is 1. The van der Waals surface area contributed by atoms with Gasteiger partial charge in [0.2, 0.25) is 0 Å². The maximum absolute atomic E-state index is 12.6. The highest BCUT2D eigenvalue weighted by Gasteiger charge is 2.30. The molecule has 0 aliphatic heterocycles. The maximum atomic E-state index is 12.6. The highest BCUT2D eigenvalue weighted by molar-refractivity contribution is 5.81. The molecule has 1 amide bonds. The summed E-state index contributed by atoms with van der Waals surface area (Å²) in [4.78, 5) is 36.6. The van der Waals surface area contributed by atoms with Gasteiger partial charge in [-0.05, 0) is 67.6 Å². The van der Waals surface area contributed by atoms with E-state index in [9.17, 15) is 19.5 Å². The number of amides is 1. The molecule has 4 rings (SSSR count).